The largest absolute Gasteiger partial charge is 0.328 e. The highest BCUT2D eigenvalue weighted by Gasteiger charge is 2.05. The summed E-state index contributed by atoms with van der Waals surface area (Å²) in [5, 5.41) is 4.30. The molecular weight excluding hydrogens is 190 g/mol. The Morgan fingerprint density at radius 1 is 1.47 bits per heavy atom. The molecule has 0 saturated carbocycles. The minimum Gasteiger partial charge on any atom is -0.328 e. The summed E-state index contributed by atoms with van der Waals surface area (Å²) in [4.78, 5) is 4.18. The van der Waals surface area contributed by atoms with E-state index in [-0.39, 0.29) is 0 Å². The summed E-state index contributed by atoms with van der Waals surface area (Å²) in [7, 11) is 1.95. The van der Waals surface area contributed by atoms with Crippen molar-refractivity contribution in [1.29, 1.82) is 0 Å². The van der Waals surface area contributed by atoms with Gasteiger partial charge in [0.15, 0.2) is 0 Å². The van der Waals surface area contributed by atoms with Crippen LogP contribution in [0, 0.1) is 6.92 Å². The predicted molar refractivity (Wildman–Crippen MR) is 57.2 cm³/mol. The molecule has 2 aromatic rings. The minimum atomic E-state index is 0.462. The highest BCUT2D eigenvalue weighted by atomic mass is 15.3. The average Bonchev–Trinajstić information content (AvgIpc) is 2.74. The molecule has 2 heterocycles. The van der Waals surface area contributed by atoms with Gasteiger partial charge in [-0.3, -0.25) is 4.68 Å². The fourth-order valence-electron chi connectivity index (χ4n) is 1.66. The van der Waals surface area contributed by atoms with E-state index in [9.17, 15) is 0 Å². The van der Waals surface area contributed by atoms with Crippen molar-refractivity contribution < 1.29 is 0 Å². The van der Waals surface area contributed by atoms with E-state index >= 15 is 0 Å². The van der Waals surface area contributed by atoms with Gasteiger partial charge in [0.1, 0.15) is 5.82 Å². The van der Waals surface area contributed by atoms with Crippen LogP contribution in [0.5, 0.6) is 0 Å². The molecule has 0 fully saturated rings. The summed E-state index contributed by atoms with van der Waals surface area (Å²) < 4.78 is 3.92. The number of aryl methyl sites for hydroxylation is 2. The molecule has 5 heteroatoms. The van der Waals surface area contributed by atoms with Crippen molar-refractivity contribution in [2.24, 2.45) is 12.8 Å². The van der Waals surface area contributed by atoms with E-state index in [1.54, 1.807) is 6.20 Å². The summed E-state index contributed by atoms with van der Waals surface area (Å²) in [6, 6.07) is 2.07. The molecule has 0 aliphatic heterocycles. The lowest BCUT2D eigenvalue weighted by atomic mass is 10.3. The van der Waals surface area contributed by atoms with Crippen molar-refractivity contribution >= 4 is 0 Å². The molecule has 2 N–H and O–H groups in total. The van der Waals surface area contributed by atoms with Crippen molar-refractivity contribution in [2.45, 2.75) is 20.0 Å². The van der Waals surface area contributed by atoms with Gasteiger partial charge in [-0.2, -0.15) is 5.10 Å². The zero-order chi connectivity index (χ0) is 10.8. The van der Waals surface area contributed by atoms with Crippen molar-refractivity contribution in [1.82, 2.24) is 19.3 Å². The van der Waals surface area contributed by atoms with Crippen molar-refractivity contribution in [3.8, 4) is 0 Å². The molecule has 5 nitrogen and oxygen atoms in total. The van der Waals surface area contributed by atoms with E-state index in [1.807, 2.05) is 29.4 Å². The Morgan fingerprint density at radius 3 is 2.87 bits per heavy atom. The van der Waals surface area contributed by atoms with Gasteiger partial charge in [-0.25, -0.2) is 4.98 Å². The standard InChI is InChI=1S/C10H15N5/c1-8-5-9(14(2)13-8)7-15-4-3-12-10(15)6-11/h3-5H,6-7,11H2,1-2H3. The van der Waals surface area contributed by atoms with Crippen molar-refractivity contribution in [3.05, 3.63) is 35.7 Å². The first-order valence-electron chi connectivity index (χ1n) is 4.90. The molecule has 15 heavy (non-hydrogen) atoms. The van der Waals surface area contributed by atoms with Crippen LogP contribution in [-0.4, -0.2) is 19.3 Å². The maximum absolute atomic E-state index is 5.59. The van der Waals surface area contributed by atoms with Gasteiger partial charge in [-0.1, -0.05) is 0 Å². The maximum atomic E-state index is 5.59. The minimum absolute atomic E-state index is 0.462. The topological polar surface area (TPSA) is 61.7 Å². The molecule has 2 aromatic heterocycles. The third-order valence-electron chi connectivity index (χ3n) is 2.42. The van der Waals surface area contributed by atoms with Gasteiger partial charge >= 0.3 is 0 Å². The van der Waals surface area contributed by atoms with Gasteiger partial charge in [-0.15, -0.1) is 0 Å². The van der Waals surface area contributed by atoms with Crippen molar-refractivity contribution in [2.75, 3.05) is 0 Å². The number of hydrogen-bond acceptors (Lipinski definition) is 3. The molecule has 0 aromatic carbocycles. The molecule has 0 saturated heterocycles. The molecule has 0 aliphatic rings. The first kappa shape index (κ1) is 9.92. The average molecular weight is 205 g/mol. The van der Waals surface area contributed by atoms with E-state index in [2.05, 4.69) is 16.1 Å². The Bertz CT molecular complexity index is 454. The number of imidazole rings is 1. The maximum Gasteiger partial charge on any atom is 0.122 e. The first-order chi connectivity index (χ1) is 7.20. The van der Waals surface area contributed by atoms with Gasteiger partial charge in [0.2, 0.25) is 0 Å². The lowest BCUT2D eigenvalue weighted by molar-refractivity contribution is 0.642. The summed E-state index contributed by atoms with van der Waals surface area (Å²) in [5.41, 5.74) is 7.77. The second-order valence-corrected chi connectivity index (χ2v) is 3.58. The lowest BCUT2D eigenvalue weighted by Gasteiger charge is -2.06. The van der Waals surface area contributed by atoms with Crippen LogP contribution in [0.25, 0.3) is 0 Å². The summed E-state index contributed by atoms with van der Waals surface area (Å²) in [5.74, 6) is 0.897. The van der Waals surface area contributed by atoms with E-state index < -0.39 is 0 Å². The normalized spacial score (nSPS) is 10.9. The Hall–Kier alpha value is -1.62. The quantitative estimate of drug-likeness (QED) is 0.790. The van der Waals surface area contributed by atoms with E-state index in [4.69, 9.17) is 5.73 Å². The van der Waals surface area contributed by atoms with E-state index in [1.165, 1.54) is 0 Å². The zero-order valence-corrected chi connectivity index (χ0v) is 9.01. The van der Waals surface area contributed by atoms with Gasteiger partial charge in [0.05, 0.1) is 24.5 Å². The number of nitrogens with zero attached hydrogens (tertiary/aromatic N) is 4. The third-order valence-corrected chi connectivity index (χ3v) is 2.42. The molecule has 80 valence electrons. The summed E-state index contributed by atoms with van der Waals surface area (Å²) in [6.07, 6.45) is 3.70. The van der Waals surface area contributed by atoms with Gasteiger partial charge in [0.25, 0.3) is 0 Å². The number of nitrogens with two attached hydrogens (primary N) is 1. The molecular formula is C10H15N5. The molecule has 0 unspecified atom stereocenters. The molecule has 0 atom stereocenters. The Kier molecular flexibility index (Phi) is 2.55. The van der Waals surface area contributed by atoms with Crippen LogP contribution in [0.15, 0.2) is 18.5 Å². The Morgan fingerprint density at radius 2 is 2.27 bits per heavy atom. The molecule has 0 bridgehead atoms. The van der Waals surface area contributed by atoms with E-state index in [0.29, 0.717) is 6.54 Å². The van der Waals surface area contributed by atoms with Crippen LogP contribution in [0.4, 0.5) is 0 Å². The first-order valence-corrected chi connectivity index (χ1v) is 4.90. The second-order valence-electron chi connectivity index (χ2n) is 3.58. The molecule has 2 rings (SSSR count). The van der Waals surface area contributed by atoms with Gasteiger partial charge in [0, 0.05) is 19.4 Å². The predicted octanol–water partition coefficient (Wildman–Crippen LogP) is 0.432. The van der Waals surface area contributed by atoms with Crippen LogP contribution in [0.1, 0.15) is 17.2 Å². The molecule has 0 radical (unpaired) electrons. The molecule has 0 amide bonds. The van der Waals surface area contributed by atoms with Crippen LogP contribution in [-0.2, 0) is 20.1 Å². The van der Waals surface area contributed by atoms with Gasteiger partial charge < -0.3 is 10.3 Å². The monoisotopic (exact) mass is 205 g/mol. The fraction of sp³-hybridized carbons (Fsp3) is 0.400. The fourth-order valence-corrected chi connectivity index (χ4v) is 1.66. The smallest absolute Gasteiger partial charge is 0.122 e. The second kappa shape index (κ2) is 3.86. The van der Waals surface area contributed by atoms with Crippen LogP contribution < -0.4 is 5.73 Å². The molecule has 0 spiro atoms. The van der Waals surface area contributed by atoms with Crippen molar-refractivity contribution in [3.63, 3.8) is 0 Å². The number of rotatable bonds is 3. The highest BCUT2D eigenvalue weighted by Crippen LogP contribution is 2.06. The van der Waals surface area contributed by atoms with Crippen LogP contribution in [0.3, 0.4) is 0 Å². The SMILES string of the molecule is Cc1cc(Cn2ccnc2CN)n(C)n1. The van der Waals surface area contributed by atoms with Crippen LogP contribution in [0.2, 0.25) is 0 Å². The van der Waals surface area contributed by atoms with Crippen LogP contribution >= 0.6 is 0 Å². The lowest BCUT2D eigenvalue weighted by Crippen LogP contribution is -2.11. The summed E-state index contributed by atoms with van der Waals surface area (Å²) >= 11 is 0. The Balaban J connectivity index is 2.25. The third kappa shape index (κ3) is 1.92. The van der Waals surface area contributed by atoms with Gasteiger partial charge in [-0.05, 0) is 13.0 Å². The zero-order valence-electron chi connectivity index (χ0n) is 9.01. The Labute approximate surface area is 88.5 Å². The number of hydrogen-bond donors (Lipinski definition) is 1. The summed E-state index contributed by atoms with van der Waals surface area (Å²) in [6.45, 7) is 3.22. The highest BCUT2D eigenvalue weighted by molar-refractivity contribution is 5.10. The van der Waals surface area contributed by atoms with E-state index in [0.717, 1.165) is 23.8 Å². The molecule has 0 aliphatic carbocycles. The number of aromatic nitrogens is 4.